The van der Waals surface area contributed by atoms with Crippen molar-refractivity contribution >= 4 is 10.8 Å². The molecule has 0 heterocycles. The van der Waals surface area contributed by atoms with E-state index >= 15 is 4.39 Å². The van der Waals surface area contributed by atoms with E-state index in [9.17, 15) is 0 Å². The van der Waals surface area contributed by atoms with Gasteiger partial charge in [-0.15, -0.1) is 0 Å². The molecule has 0 amide bonds. The third-order valence-electron chi connectivity index (χ3n) is 4.23. The SMILES string of the molecule is CN(C)CC(c1ccc2ccccc2c1)[C@H](F)c1ccccc1. The summed E-state index contributed by atoms with van der Waals surface area (Å²) < 4.78 is 15.2. The van der Waals surface area contributed by atoms with E-state index in [1.807, 2.05) is 56.6 Å². The van der Waals surface area contributed by atoms with Gasteiger partial charge in [-0.1, -0.05) is 72.8 Å². The lowest BCUT2D eigenvalue weighted by atomic mass is 9.88. The van der Waals surface area contributed by atoms with Crippen LogP contribution >= 0.6 is 0 Å². The minimum absolute atomic E-state index is 0.183. The summed E-state index contributed by atoms with van der Waals surface area (Å²) in [5.74, 6) is -0.183. The molecule has 0 saturated carbocycles. The van der Waals surface area contributed by atoms with Gasteiger partial charge in [0.25, 0.3) is 0 Å². The first-order valence-corrected chi connectivity index (χ1v) is 7.97. The molecule has 0 fully saturated rings. The molecule has 2 atom stereocenters. The zero-order valence-electron chi connectivity index (χ0n) is 13.6. The lowest BCUT2D eigenvalue weighted by Crippen LogP contribution is -2.23. The van der Waals surface area contributed by atoms with Crippen molar-refractivity contribution in [3.63, 3.8) is 0 Å². The Labute approximate surface area is 137 Å². The number of hydrogen-bond donors (Lipinski definition) is 0. The molecule has 0 spiro atoms. The summed E-state index contributed by atoms with van der Waals surface area (Å²) in [5.41, 5.74) is 1.79. The number of likely N-dealkylation sites (N-methyl/N-ethyl adjacent to an activating group) is 1. The molecule has 0 radical (unpaired) electrons. The monoisotopic (exact) mass is 307 g/mol. The third kappa shape index (κ3) is 3.59. The molecule has 0 aliphatic rings. The molecule has 3 rings (SSSR count). The van der Waals surface area contributed by atoms with Crippen molar-refractivity contribution in [2.75, 3.05) is 20.6 Å². The maximum Gasteiger partial charge on any atom is 0.133 e. The van der Waals surface area contributed by atoms with Gasteiger partial charge in [-0.3, -0.25) is 0 Å². The maximum absolute atomic E-state index is 15.2. The van der Waals surface area contributed by atoms with E-state index < -0.39 is 6.17 Å². The molecule has 0 bridgehead atoms. The van der Waals surface area contributed by atoms with E-state index in [0.717, 1.165) is 16.5 Å². The van der Waals surface area contributed by atoms with Crippen LogP contribution in [0.1, 0.15) is 23.2 Å². The van der Waals surface area contributed by atoms with Crippen molar-refractivity contribution in [3.8, 4) is 0 Å². The topological polar surface area (TPSA) is 3.24 Å². The average molecular weight is 307 g/mol. The van der Waals surface area contributed by atoms with Gasteiger partial charge < -0.3 is 4.90 Å². The highest BCUT2D eigenvalue weighted by atomic mass is 19.1. The Bertz CT molecular complexity index is 767. The highest BCUT2D eigenvalue weighted by Gasteiger charge is 2.25. The van der Waals surface area contributed by atoms with Crippen LogP contribution in [0.2, 0.25) is 0 Å². The first kappa shape index (κ1) is 15.7. The summed E-state index contributed by atoms with van der Waals surface area (Å²) in [5, 5.41) is 2.35. The van der Waals surface area contributed by atoms with Crippen LogP contribution in [0.3, 0.4) is 0 Å². The van der Waals surface area contributed by atoms with Crippen LogP contribution in [0.15, 0.2) is 72.8 Å². The molecule has 3 aromatic rings. The van der Waals surface area contributed by atoms with Gasteiger partial charge in [0, 0.05) is 12.5 Å². The molecule has 0 saturated heterocycles. The third-order valence-corrected chi connectivity index (χ3v) is 4.23. The van der Waals surface area contributed by atoms with Gasteiger partial charge in [0.1, 0.15) is 6.17 Å². The average Bonchev–Trinajstić information content (AvgIpc) is 2.59. The van der Waals surface area contributed by atoms with E-state index in [1.165, 1.54) is 5.39 Å². The molecular weight excluding hydrogens is 285 g/mol. The minimum Gasteiger partial charge on any atom is -0.309 e. The fourth-order valence-corrected chi connectivity index (χ4v) is 3.07. The van der Waals surface area contributed by atoms with Crippen molar-refractivity contribution in [2.45, 2.75) is 12.1 Å². The summed E-state index contributed by atoms with van der Waals surface area (Å²) in [4.78, 5) is 2.05. The van der Waals surface area contributed by atoms with Crippen LogP contribution in [0.5, 0.6) is 0 Å². The molecule has 118 valence electrons. The Kier molecular flexibility index (Phi) is 4.73. The lowest BCUT2D eigenvalue weighted by molar-refractivity contribution is 0.240. The minimum atomic E-state index is -1.01. The summed E-state index contributed by atoms with van der Waals surface area (Å²) in [6.45, 7) is 0.675. The Morgan fingerprint density at radius 2 is 1.43 bits per heavy atom. The lowest BCUT2D eigenvalue weighted by Gasteiger charge is -2.25. The van der Waals surface area contributed by atoms with Gasteiger partial charge >= 0.3 is 0 Å². The van der Waals surface area contributed by atoms with Crippen molar-refractivity contribution < 1.29 is 4.39 Å². The molecule has 0 aliphatic carbocycles. The molecule has 1 unspecified atom stereocenters. The van der Waals surface area contributed by atoms with Gasteiger partial charge in [0.05, 0.1) is 0 Å². The van der Waals surface area contributed by atoms with Crippen molar-refractivity contribution in [1.29, 1.82) is 0 Å². The Hall–Kier alpha value is -2.19. The number of hydrogen-bond acceptors (Lipinski definition) is 1. The van der Waals surface area contributed by atoms with Crippen LogP contribution < -0.4 is 0 Å². The Morgan fingerprint density at radius 3 is 2.13 bits per heavy atom. The summed E-state index contributed by atoms with van der Waals surface area (Å²) in [6.07, 6.45) is -1.01. The van der Waals surface area contributed by atoms with Gasteiger partial charge in [-0.05, 0) is 36.0 Å². The smallest absolute Gasteiger partial charge is 0.133 e. The number of fused-ring (bicyclic) bond motifs is 1. The number of benzene rings is 3. The van der Waals surface area contributed by atoms with Crippen molar-refractivity contribution in [3.05, 3.63) is 83.9 Å². The van der Waals surface area contributed by atoms with E-state index in [1.54, 1.807) is 0 Å². The van der Waals surface area contributed by atoms with E-state index in [4.69, 9.17) is 0 Å². The first-order chi connectivity index (χ1) is 11.1. The number of alkyl halides is 1. The highest BCUT2D eigenvalue weighted by Crippen LogP contribution is 2.35. The Morgan fingerprint density at radius 1 is 0.783 bits per heavy atom. The zero-order valence-corrected chi connectivity index (χ0v) is 13.6. The molecule has 1 nitrogen and oxygen atoms in total. The van der Waals surface area contributed by atoms with Crippen LogP contribution in [0.4, 0.5) is 4.39 Å². The second-order valence-corrected chi connectivity index (χ2v) is 6.29. The molecule has 3 aromatic carbocycles. The number of nitrogens with zero attached hydrogens (tertiary/aromatic N) is 1. The normalized spacial score (nSPS) is 14.1. The first-order valence-electron chi connectivity index (χ1n) is 7.97. The number of rotatable bonds is 5. The summed E-state index contributed by atoms with van der Waals surface area (Å²) in [7, 11) is 3.98. The fourth-order valence-electron chi connectivity index (χ4n) is 3.07. The van der Waals surface area contributed by atoms with Gasteiger partial charge in [0.2, 0.25) is 0 Å². The van der Waals surface area contributed by atoms with Gasteiger partial charge in [0.15, 0.2) is 0 Å². The van der Waals surface area contributed by atoms with E-state index in [0.29, 0.717) is 6.54 Å². The zero-order chi connectivity index (χ0) is 16.2. The molecular formula is C21H22FN. The molecule has 0 N–H and O–H groups in total. The quantitative estimate of drug-likeness (QED) is 0.626. The second kappa shape index (κ2) is 6.93. The maximum atomic E-state index is 15.2. The summed E-state index contributed by atoms with van der Waals surface area (Å²) >= 11 is 0. The predicted octanol–water partition coefficient (Wildman–Crippen LogP) is 5.20. The van der Waals surface area contributed by atoms with Crippen LogP contribution in [-0.4, -0.2) is 25.5 Å². The summed E-state index contributed by atoms with van der Waals surface area (Å²) in [6, 6.07) is 24.0. The number of halogens is 1. The van der Waals surface area contributed by atoms with Crippen LogP contribution in [-0.2, 0) is 0 Å². The van der Waals surface area contributed by atoms with Gasteiger partial charge in [-0.2, -0.15) is 0 Å². The highest BCUT2D eigenvalue weighted by molar-refractivity contribution is 5.83. The standard InChI is InChI=1S/C21H22FN/c1-23(2)15-20(21(22)17-9-4-3-5-10-17)19-13-12-16-8-6-7-11-18(16)14-19/h3-14,20-21H,15H2,1-2H3/t20?,21-/m1/s1. The molecule has 0 aliphatic heterocycles. The predicted molar refractivity (Wildman–Crippen MR) is 95.5 cm³/mol. The Balaban J connectivity index is 2.00. The largest absolute Gasteiger partial charge is 0.309 e. The van der Waals surface area contributed by atoms with E-state index in [2.05, 4.69) is 35.2 Å². The fraction of sp³-hybridized carbons (Fsp3) is 0.238. The molecule has 0 aromatic heterocycles. The molecule has 23 heavy (non-hydrogen) atoms. The van der Waals surface area contributed by atoms with E-state index in [-0.39, 0.29) is 5.92 Å². The van der Waals surface area contributed by atoms with Crippen molar-refractivity contribution in [1.82, 2.24) is 4.90 Å². The van der Waals surface area contributed by atoms with Crippen LogP contribution in [0, 0.1) is 0 Å². The molecule has 2 heteroatoms. The second-order valence-electron chi connectivity index (χ2n) is 6.29. The van der Waals surface area contributed by atoms with Crippen molar-refractivity contribution in [2.24, 2.45) is 0 Å². The van der Waals surface area contributed by atoms with Crippen LogP contribution in [0.25, 0.3) is 10.8 Å². The van der Waals surface area contributed by atoms with Gasteiger partial charge in [-0.25, -0.2) is 4.39 Å².